The molecular formula is C3H8AlF. The quantitative estimate of drug-likeness (QED) is 0.313. The zero-order chi connectivity index (χ0) is 3.41. The number of alkyl halides is 1. The predicted molar refractivity (Wildman–Crippen MR) is 26.1 cm³/mol. The largest absolute Gasteiger partial charge is 0.247 e. The number of hydrogen-bond acceptors (Lipinski definition) is 0. The van der Waals surface area contributed by atoms with Crippen molar-refractivity contribution in [2.45, 2.75) is 0 Å². The smallest absolute Gasteiger partial charge is 0.187 e. The molecule has 0 aromatic heterocycles. The third-order valence-corrected chi connectivity index (χ3v) is 0.109. The van der Waals surface area contributed by atoms with Crippen LogP contribution < -0.4 is 0 Å². The zero-order valence-electron chi connectivity index (χ0n) is 2.37. The Morgan fingerprint density at radius 2 is 2.00 bits per heavy atom. The monoisotopic (exact) mass is 90.0 g/mol. The number of halogens is 1. The summed E-state index contributed by atoms with van der Waals surface area (Å²) in [6, 6.07) is 0. The van der Waals surface area contributed by atoms with Crippen molar-refractivity contribution in [3.05, 3.63) is 12.7 Å². The summed E-state index contributed by atoms with van der Waals surface area (Å²) in [4.78, 5) is 0. The van der Waals surface area contributed by atoms with Gasteiger partial charge in [-0.25, -0.2) is 4.39 Å². The van der Waals surface area contributed by atoms with Gasteiger partial charge >= 0.3 is 0 Å². The Morgan fingerprint density at radius 3 is 2.00 bits per heavy atom. The Balaban J connectivity index is 0. The summed E-state index contributed by atoms with van der Waals surface area (Å²) in [6.07, 6.45) is 1.21. The van der Waals surface area contributed by atoms with Crippen molar-refractivity contribution in [2.24, 2.45) is 0 Å². The Kier molecular flexibility index (Phi) is 15.9. The highest BCUT2D eigenvalue weighted by atomic mass is 27.0. The SMILES string of the molecule is C=CCF.[AlH3]. The molecule has 0 heterocycles. The second-order valence-corrected chi connectivity index (χ2v) is 0.443. The normalized spacial score (nSPS) is 5.00. The van der Waals surface area contributed by atoms with Crippen molar-refractivity contribution >= 4 is 17.4 Å². The summed E-state index contributed by atoms with van der Waals surface area (Å²) in [5.74, 6) is 0. The molecule has 0 aliphatic carbocycles. The van der Waals surface area contributed by atoms with E-state index in [4.69, 9.17) is 0 Å². The van der Waals surface area contributed by atoms with Crippen molar-refractivity contribution in [3.8, 4) is 0 Å². The molecule has 0 aromatic rings. The van der Waals surface area contributed by atoms with Crippen molar-refractivity contribution in [1.29, 1.82) is 0 Å². The van der Waals surface area contributed by atoms with E-state index in [0.29, 0.717) is 0 Å². The lowest BCUT2D eigenvalue weighted by atomic mass is 10.7. The fraction of sp³-hybridized carbons (Fsp3) is 0.333. The average Bonchev–Trinajstić information content (AvgIpc) is 1.37. The fourth-order valence-corrected chi connectivity index (χ4v) is 0. The highest BCUT2D eigenvalue weighted by Crippen LogP contribution is 1.58. The lowest BCUT2D eigenvalue weighted by Crippen LogP contribution is -1.48. The maximum Gasteiger partial charge on any atom is 0.187 e. The van der Waals surface area contributed by atoms with Crippen LogP contribution >= 0.6 is 0 Å². The summed E-state index contributed by atoms with van der Waals surface area (Å²) < 4.78 is 10.6. The zero-order valence-corrected chi connectivity index (χ0v) is 2.37. The van der Waals surface area contributed by atoms with Gasteiger partial charge < -0.3 is 0 Å². The van der Waals surface area contributed by atoms with Gasteiger partial charge in [-0.2, -0.15) is 0 Å². The van der Waals surface area contributed by atoms with E-state index in [1.165, 1.54) is 6.08 Å². The van der Waals surface area contributed by atoms with Crippen LogP contribution in [-0.4, -0.2) is 24.0 Å². The average molecular weight is 90.1 g/mol. The van der Waals surface area contributed by atoms with Crippen LogP contribution in [0.3, 0.4) is 0 Å². The highest BCUT2D eigenvalue weighted by Gasteiger charge is 1.49. The molecule has 0 amide bonds. The van der Waals surface area contributed by atoms with E-state index in [1.807, 2.05) is 0 Å². The molecule has 30 valence electrons. The van der Waals surface area contributed by atoms with E-state index >= 15 is 0 Å². The van der Waals surface area contributed by atoms with E-state index in [0.717, 1.165) is 0 Å². The van der Waals surface area contributed by atoms with Gasteiger partial charge in [-0.3, -0.25) is 0 Å². The Hall–Kier alpha value is 0.202. The lowest BCUT2D eigenvalue weighted by molar-refractivity contribution is 0.562. The van der Waals surface area contributed by atoms with E-state index in [1.54, 1.807) is 0 Å². The van der Waals surface area contributed by atoms with Crippen LogP contribution in [0.15, 0.2) is 12.7 Å². The summed E-state index contributed by atoms with van der Waals surface area (Å²) in [6.45, 7) is 2.69. The molecule has 0 aromatic carbocycles. The standard InChI is InChI=1S/C3H5F.Al.3H/c1-2-3-4;;;;/h2H,1,3H2;;;;. The van der Waals surface area contributed by atoms with E-state index in [-0.39, 0.29) is 17.4 Å². The van der Waals surface area contributed by atoms with Crippen LogP contribution in [0.2, 0.25) is 0 Å². The molecule has 5 heavy (non-hydrogen) atoms. The first-order chi connectivity index (χ1) is 1.91. The molecule has 0 spiro atoms. The number of rotatable bonds is 1. The van der Waals surface area contributed by atoms with Gasteiger partial charge in [-0.05, 0) is 0 Å². The van der Waals surface area contributed by atoms with Gasteiger partial charge in [0.15, 0.2) is 17.4 Å². The highest BCUT2D eigenvalue weighted by molar-refractivity contribution is 5.75. The van der Waals surface area contributed by atoms with Crippen LogP contribution in [0.1, 0.15) is 0 Å². The Bertz CT molecular complexity index is 20.9. The summed E-state index contributed by atoms with van der Waals surface area (Å²) in [7, 11) is 0. The molecule has 2 heteroatoms. The van der Waals surface area contributed by atoms with Gasteiger partial charge in [0, 0.05) is 0 Å². The van der Waals surface area contributed by atoms with Gasteiger partial charge in [0.1, 0.15) is 6.67 Å². The number of hydrogen-bond donors (Lipinski definition) is 0. The van der Waals surface area contributed by atoms with Crippen LogP contribution in [0, 0.1) is 0 Å². The minimum absolute atomic E-state index is 0. The van der Waals surface area contributed by atoms with Gasteiger partial charge in [-0.15, -0.1) is 6.58 Å². The lowest BCUT2D eigenvalue weighted by Gasteiger charge is -1.54. The van der Waals surface area contributed by atoms with Crippen molar-refractivity contribution in [2.75, 3.05) is 6.67 Å². The molecule has 0 atom stereocenters. The van der Waals surface area contributed by atoms with Gasteiger partial charge in [0.05, 0.1) is 0 Å². The fourth-order valence-electron chi connectivity index (χ4n) is 0. The van der Waals surface area contributed by atoms with Gasteiger partial charge in [0.2, 0.25) is 0 Å². The van der Waals surface area contributed by atoms with Crippen LogP contribution in [-0.2, 0) is 0 Å². The van der Waals surface area contributed by atoms with Gasteiger partial charge in [-0.1, -0.05) is 6.08 Å². The summed E-state index contributed by atoms with van der Waals surface area (Å²) >= 11 is 0. The first-order valence-electron chi connectivity index (χ1n) is 1.08. The molecule has 0 radical (unpaired) electrons. The molecule has 0 nitrogen and oxygen atoms in total. The maximum atomic E-state index is 10.6. The molecule has 0 aliphatic rings. The van der Waals surface area contributed by atoms with Gasteiger partial charge in [0.25, 0.3) is 0 Å². The molecule has 0 aliphatic heterocycles. The van der Waals surface area contributed by atoms with Crippen LogP contribution in [0.4, 0.5) is 4.39 Å². The number of allylic oxidation sites excluding steroid dienone is 1. The molecule has 0 saturated heterocycles. The molecule has 0 saturated carbocycles. The summed E-state index contributed by atoms with van der Waals surface area (Å²) in [5, 5.41) is 0. The topological polar surface area (TPSA) is 0 Å². The molecule has 0 unspecified atom stereocenters. The van der Waals surface area contributed by atoms with Crippen LogP contribution in [0.25, 0.3) is 0 Å². The Labute approximate surface area is 41.8 Å². The Morgan fingerprint density at radius 1 is 1.80 bits per heavy atom. The van der Waals surface area contributed by atoms with Crippen LogP contribution in [0.5, 0.6) is 0 Å². The first-order valence-corrected chi connectivity index (χ1v) is 1.08. The van der Waals surface area contributed by atoms with E-state index in [9.17, 15) is 4.39 Å². The molecule has 0 rings (SSSR count). The third kappa shape index (κ3) is 14.1. The molecular weight excluding hydrogens is 82.0 g/mol. The second kappa shape index (κ2) is 8.88. The van der Waals surface area contributed by atoms with E-state index < -0.39 is 6.67 Å². The van der Waals surface area contributed by atoms with Crippen molar-refractivity contribution in [3.63, 3.8) is 0 Å². The minimum Gasteiger partial charge on any atom is -0.247 e. The van der Waals surface area contributed by atoms with Crippen molar-refractivity contribution < 1.29 is 4.39 Å². The first kappa shape index (κ1) is 8.96. The molecule has 0 fully saturated rings. The minimum atomic E-state index is -0.417. The van der Waals surface area contributed by atoms with E-state index in [2.05, 4.69) is 6.58 Å². The summed E-state index contributed by atoms with van der Waals surface area (Å²) in [5.41, 5.74) is 0. The molecule has 0 bridgehead atoms. The molecule has 0 N–H and O–H groups in total. The van der Waals surface area contributed by atoms with Crippen molar-refractivity contribution in [1.82, 2.24) is 0 Å². The third-order valence-electron chi connectivity index (χ3n) is 0.109. The second-order valence-electron chi connectivity index (χ2n) is 0.443. The predicted octanol–water partition coefficient (Wildman–Crippen LogP) is -0.0420. The maximum absolute atomic E-state index is 10.6.